The molecule has 2 aromatic carbocycles. The molecule has 0 aliphatic rings. The maximum atomic E-state index is 12.6. The molecule has 0 saturated carbocycles. The Balaban J connectivity index is 2.05. The average Bonchev–Trinajstić information content (AvgIpc) is 2.56. The summed E-state index contributed by atoms with van der Waals surface area (Å²) >= 11 is 5.87. The Kier molecular flexibility index (Phi) is 6.27. The molecule has 0 saturated heterocycles. The van der Waals surface area contributed by atoms with Crippen LogP contribution in [-0.4, -0.2) is 12.0 Å². The standard InChI is InChI=1S/C20H24ClNO2/c1-5-19(24-17-10-8-16(21)9-11-17)20(23)22-15(4)18-12-13(2)6-7-14(18)3/h6-12,15,19H,5H2,1-4H3,(H,22,23)/t15-,19-/m0/s1. The van der Waals surface area contributed by atoms with Gasteiger partial charge in [0.15, 0.2) is 6.10 Å². The van der Waals surface area contributed by atoms with E-state index in [1.807, 2.05) is 13.8 Å². The quantitative estimate of drug-likeness (QED) is 0.800. The Morgan fingerprint density at radius 1 is 1.17 bits per heavy atom. The predicted molar refractivity (Wildman–Crippen MR) is 98.6 cm³/mol. The number of halogens is 1. The van der Waals surface area contributed by atoms with Crippen molar-refractivity contribution in [2.45, 2.75) is 46.3 Å². The van der Waals surface area contributed by atoms with Gasteiger partial charge in [-0.3, -0.25) is 4.79 Å². The zero-order valence-electron chi connectivity index (χ0n) is 14.6. The molecule has 0 aromatic heterocycles. The molecule has 1 amide bonds. The van der Waals surface area contributed by atoms with Crippen molar-refractivity contribution in [3.8, 4) is 5.75 Å². The van der Waals surface area contributed by atoms with Crippen LogP contribution in [0.5, 0.6) is 5.75 Å². The van der Waals surface area contributed by atoms with E-state index in [2.05, 4.69) is 37.4 Å². The first kappa shape index (κ1) is 18.3. The van der Waals surface area contributed by atoms with E-state index in [0.717, 1.165) is 5.56 Å². The van der Waals surface area contributed by atoms with Crippen LogP contribution in [0.1, 0.15) is 43.0 Å². The molecule has 128 valence electrons. The van der Waals surface area contributed by atoms with Crippen molar-refractivity contribution < 1.29 is 9.53 Å². The molecular weight excluding hydrogens is 322 g/mol. The molecular formula is C20H24ClNO2. The smallest absolute Gasteiger partial charge is 0.261 e. The lowest BCUT2D eigenvalue weighted by molar-refractivity contribution is -0.128. The van der Waals surface area contributed by atoms with Gasteiger partial charge in [0, 0.05) is 5.02 Å². The second kappa shape index (κ2) is 8.20. The first-order valence-electron chi connectivity index (χ1n) is 8.20. The van der Waals surface area contributed by atoms with E-state index in [0.29, 0.717) is 17.2 Å². The second-order valence-corrected chi connectivity index (χ2v) is 6.50. The largest absolute Gasteiger partial charge is 0.481 e. The number of hydrogen-bond acceptors (Lipinski definition) is 2. The minimum atomic E-state index is -0.529. The topological polar surface area (TPSA) is 38.3 Å². The molecule has 0 spiro atoms. The van der Waals surface area contributed by atoms with Crippen LogP contribution in [0.15, 0.2) is 42.5 Å². The summed E-state index contributed by atoms with van der Waals surface area (Å²) in [4.78, 5) is 12.6. The third-order valence-corrected chi connectivity index (χ3v) is 4.27. The summed E-state index contributed by atoms with van der Waals surface area (Å²) in [6.45, 7) is 8.03. The van der Waals surface area contributed by atoms with Crippen molar-refractivity contribution in [1.82, 2.24) is 5.32 Å². The fraction of sp³-hybridized carbons (Fsp3) is 0.350. The molecule has 3 nitrogen and oxygen atoms in total. The molecule has 2 aromatic rings. The number of nitrogens with one attached hydrogen (secondary N) is 1. The van der Waals surface area contributed by atoms with Crippen LogP contribution < -0.4 is 10.1 Å². The molecule has 2 atom stereocenters. The molecule has 0 unspecified atom stereocenters. The van der Waals surface area contributed by atoms with Gasteiger partial charge < -0.3 is 10.1 Å². The van der Waals surface area contributed by atoms with Gasteiger partial charge in [-0.25, -0.2) is 0 Å². The fourth-order valence-electron chi connectivity index (χ4n) is 2.61. The number of hydrogen-bond donors (Lipinski definition) is 1. The van der Waals surface area contributed by atoms with Gasteiger partial charge >= 0.3 is 0 Å². The zero-order chi connectivity index (χ0) is 17.7. The number of amides is 1. The number of carbonyl (C=O) groups is 1. The van der Waals surface area contributed by atoms with Gasteiger partial charge in [-0.2, -0.15) is 0 Å². The zero-order valence-corrected chi connectivity index (χ0v) is 15.4. The molecule has 0 aliphatic carbocycles. The van der Waals surface area contributed by atoms with Crippen molar-refractivity contribution in [1.29, 1.82) is 0 Å². The highest BCUT2D eigenvalue weighted by Crippen LogP contribution is 2.21. The van der Waals surface area contributed by atoms with Crippen molar-refractivity contribution in [2.75, 3.05) is 0 Å². The van der Waals surface area contributed by atoms with Crippen molar-refractivity contribution in [3.63, 3.8) is 0 Å². The van der Waals surface area contributed by atoms with E-state index in [4.69, 9.17) is 16.3 Å². The van der Waals surface area contributed by atoms with Crippen LogP contribution in [0.2, 0.25) is 5.02 Å². The second-order valence-electron chi connectivity index (χ2n) is 6.06. The number of aryl methyl sites for hydroxylation is 2. The third kappa shape index (κ3) is 4.75. The fourth-order valence-corrected chi connectivity index (χ4v) is 2.74. The molecule has 0 bridgehead atoms. The predicted octanol–water partition coefficient (Wildman–Crippen LogP) is 4.99. The Morgan fingerprint density at radius 2 is 1.83 bits per heavy atom. The minimum Gasteiger partial charge on any atom is -0.481 e. The summed E-state index contributed by atoms with van der Waals surface area (Å²) < 4.78 is 5.80. The van der Waals surface area contributed by atoms with E-state index in [1.165, 1.54) is 11.1 Å². The van der Waals surface area contributed by atoms with Gasteiger partial charge in [0.1, 0.15) is 5.75 Å². The Morgan fingerprint density at radius 3 is 2.46 bits per heavy atom. The first-order valence-corrected chi connectivity index (χ1v) is 8.58. The molecule has 1 N–H and O–H groups in total. The first-order chi connectivity index (χ1) is 11.4. The Bertz CT molecular complexity index is 697. The Hall–Kier alpha value is -2.00. The molecule has 0 heterocycles. The van der Waals surface area contributed by atoms with Crippen LogP contribution in [-0.2, 0) is 4.79 Å². The Labute approximate surface area is 149 Å². The summed E-state index contributed by atoms with van der Waals surface area (Å²) in [7, 11) is 0. The van der Waals surface area contributed by atoms with Gasteiger partial charge in [0.05, 0.1) is 6.04 Å². The lowest BCUT2D eigenvalue weighted by atomic mass is 10.00. The lowest BCUT2D eigenvalue weighted by Crippen LogP contribution is -2.39. The summed E-state index contributed by atoms with van der Waals surface area (Å²) in [5.74, 6) is 0.529. The molecule has 0 radical (unpaired) electrons. The molecule has 4 heteroatoms. The molecule has 0 fully saturated rings. The van der Waals surface area contributed by atoms with E-state index in [-0.39, 0.29) is 11.9 Å². The van der Waals surface area contributed by atoms with E-state index in [1.54, 1.807) is 24.3 Å². The van der Waals surface area contributed by atoms with Crippen LogP contribution in [0.25, 0.3) is 0 Å². The number of ether oxygens (including phenoxy) is 1. The van der Waals surface area contributed by atoms with Gasteiger partial charge in [0.25, 0.3) is 5.91 Å². The maximum absolute atomic E-state index is 12.6. The van der Waals surface area contributed by atoms with E-state index in [9.17, 15) is 4.79 Å². The summed E-state index contributed by atoms with van der Waals surface area (Å²) in [5, 5.41) is 3.70. The molecule has 24 heavy (non-hydrogen) atoms. The SMILES string of the molecule is CC[C@H](Oc1ccc(Cl)cc1)C(=O)N[C@@H](C)c1cc(C)ccc1C. The molecule has 2 rings (SSSR count). The number of benzene rings is 2. The monoisotopic (exact) mass is 345 g/mol. The van der Waals surface area contributed by atoms with Crippen molar-refractivity contribution in [3.05, 3.63) is 64.2 Å². The summed E-state index contributed by atoms with van der Waals surface area (Å²) in [6, 6.07) is 13.2. The number of rotatable bonds is 6. The summed E-state index contributed by atoms with van der Waals surface area (Å²) in [5.41, 5.74) is 3.48. The average molecular weight is 346 g/mol. The van der Waals surface area contributed by atoms with E-state index < -0.39 is 6.10 Å². The van der Waals surface area contributed by atoms with Gasteiger partial charge in [0.2, 0.25) is 0 Å². The highest BCUT2D eigenvalue weighted by molar-refractivity contribution is 6.30. The number of carbonyl (C=O) groups excluding carboxylic acids is 1. The van der Waals surface area contributed by atoms with Crippen LogP contribution in [0.3, 0.4) is 0 Å². The van der Waals surface area contributed by atoms with Gasteiger partial charge in [-0.05, 0) is 62.6 Å². The highest BCUT2D eigenvalue weighted by atomic mass is 35.5. The summed E-state index contributed by atoms with van der Waals surface area (Å²) in [6.07, 6.45) is 0.0623. The van der Waals surface area contributed by atoms with Crippen LogP contribution in [0.4, 0.5) is 0 Å². The minimum absolute atomic E-state index is 0.0692. The van der Waals surface area contributed by atoms with E-state index >= 15 is 0 Å². The third-order valence-electron chi connectivity index (χ3n) is 4.02. The maximum Gasteiger partial charge on any atom is 0.261 e. The van der Waals surface area contributed by atoms with Crippen molar-refractivity contribution >= 4 is 17.5 Å². The van der Waals surface area contributed by atoms with Crippen LogP contribution >= 0.6 is 11.6 Å². The normalized spacial score (nSPS) is 13.2. The molecule has 0 aliphatic heterocycles. The van der Waals surface area contributed by atoms with Crippen molar-refractivity contribution in [2.24, 2.45) is 0 Å². The van der Waals surface area contributed by atoms with Gasteiger partial charge in [-0.15, -0.1) is 0 Å². The van der Waals surface area contributed by atoms with Crippen LogP contribution in [0, 0.1) is 13.8 Å². The van der Waals surface area contributed by atoms with Gasteiger partial charge in [-0.1, -0.05) is 42.3 Å². The highest BCUT2D eigenvalue weighted by Gasteiger charge is 2.21. The lowest BCUT2D eigenvalue weighted by Gasteiger charge is -2.22.